The fraction of sp³-hybridized carbons (Fsp3) is 0.250. The van der Waals surface area contributed by atoms with Gasteiger partial charge in [0.2, 0.25) is 0 Å². The van der Waals surface area contributed by atoms with Crippen LogP contribution < -0.4 is 14.8 Å². The number of carbonyl (C=O) groups is 3. The molecule has 0 aromatic heterocycles. The number of carbonyl (C=O) groups excluding carboxylic acids is 3. The summed E-state index contributed by atoms with van der Waals surface area (Å²) in [5.74, 6) is -1.18. The molecule has 158 valence electrons. The van der Waals surface area contributed by atoms with Gasteiger partial charge >= 0.3 is 5.97 Å². The molecular formula is C20H20N2O8. The quantitative estimate of drug-likeness (QED) is 0.285. The molecule has 0 aliphatic heterocycles. The van der Waals surface area contributed by atoms with Gasteiger partial charge in [0.1, 0.15) is 17.2 Å². The van der Waals surface area contributed by atoms with E-state index < -0.39 is 29.5 Å². The van der Waals surface area contributed by atoms with Crippen LogP contribution in [0.5, 0.6) is 11.5 Å². The average Bonchev–Trinajstić information content (AvgIpc) is 2.72. The highest BCUT2D eigenvalue weighted by Crippen LogP contribution is 2.29. The summed E-state index contributed by atoms with van der Waals surface area (Å²) in [6.07, 6.45) is -1.23. The largest absolute Gasteiger partial charge is 0.496 e. The maximum absolute atomic E-state index is 12.3. The summed E-state index contributed by atoms with van der Waals surface area (Å²) in [6.45, 7) is 2.24. The number of amides is 1. The van der Waals surface area contributed by atoms with E-state index in [2.05, 4.69) is 5.32 Å². The molecule has 0 aliphatic rings. The first-order valence-corrected chi connectivity index (χ1v) is 8.78. The van der Waals surface area contributed by atoms with Gasteiger partial charge in [-0.3, -0.25) is 19.7 Å². The molecule has 0 saturated carbocycles. The maximum atomic E-state index is 12.3. The Hall–Kier alpha value is -3.95. The van der Waals surface area contributed by atoms with Crippen LogP contribution in [0.2, 0.25) is 0 Å². The van der Waals surface area contributed by atoms with Crippen molar-refractivity contribution in [3.63, 3.8) is 0 Å². The third-order valence-corrected chi connectivity index (χ3v) is 3.93. The van der Waals surface area contributed by atoms with Crippen molar-refractivity contribution in [3.05, 3.63) is 58.1 Å². The Balaban J connectivity index is 1.94. The summed E-state index contributed by atoms with van der Waals surface area (Å²) >= 11 is 0. The van der Waals surface area contributed by atoms with Crippen molar-refractivity contribution in [1.29, 1.82) is 0 Å². The maximum Gasteiger partial charge on any atom is 0.344 e. The molecule has 2 aromatic carbocycles. The number of hydrogen-bond donors (Lipinski definition) is 1. The van der Waals surface area contributed by atoms with Gasteiger partial charge in [-0.1, -0.05) is 12.1 Å². The number of ether oxygens (including phenoxy) is 3. The van der Waals surface area contributed by atoms with Gasteiger partial charge in [-0.15, -0.1) is 0 Å². The summed E-state index contributed by atoms with van der Waals surface area (Å²) in [5, 5.41) is 13.5. The minimum absolute atomic E-state index is 0.0639. The van der Waals surface area contributed by atoms with Gasteiger partial charge in [0.25, 0.3) is 11.6 Å². The standard InChI is InChI=1S/C20H20N2O8/c1-12(23)14-5-4-6-16(9-14)29-11-19(24)30-13(2)20(25)21-17-8-7-15(28-3)10-18(17)22(26)27/h4-10,13H,11H2,1-3H3,(H,21,25)/t13-/m1/s1. The van der Waals surface area contributed by atoms with Gasteiger partial charge in [0, 0.05) is 5.56 Å². The van der Waals surface area contributed by atoms with E-state index in [4.69, 9.17) is 14.2 Å². The molecule has 0 saturated heterocycles. The highest BCUT2D eigenvalue weighted by molar-refractivity contribution is 5.97. The van der Waals surface area contributed by atoms with E-state index in [0.717, 1.165) is 6.07 Å². The van der Waals surface area contributed by atoms with E-state index in [1.54, 1.807) is 18.2 Å². The fourth-order valence-corrected chi connectivity index (χ4v) is 2.36. The van der Waals surface area contributed by atoms with E-state index in [9.17, 15) is 24.5 Å². The molecule has 0 fully saturated rings. The van der Waals surface area contributed by atoms with Crippen molar-refractivity contribution >= 4 is 29.0 Å². The van der Waals surface area contributed by atoms with E-state index in [-0.39, 0.29) is 22.9 Å². The minimum atomic E-state index is -1.23. The smallest absolute Gasteiger partial charge is 0.344 e. The number of nitrogens with zero attached hydrogens (tertiary/aromatic N) is 1. The van der Waals surface area contributed by atoms with Crippen molar-refractivity contribution < 1.29 is 33.5 Å². The van der Waals surface area contributed by atoms with E-state index in [1.165, 1.54) is 39.2 Å². The molecule has 0 spiro atoms. The lowest BCUT2D eigenvalue weighted by molar-refractivity contribution is -0.384. The SMILES string of the molecule is COc1ccc(NC(=O)[C@@H](C)OC(=O)COc2cccc(C(C)=O)c2)c([N+](=O)[O-])c1. The van der Waals surface area contributed by atoms with Crippen LogP contribution in [0.15, 0.2) is 42.5 Å². The van der Waals surface area contributed by atoms with Gasteiger partial charge in [-0.2, -0.15) is 0 Å². The molecule has 30 heavy (non-hydrogen) atoms. The number of anilines is 1. The fourth-order valence-electron chi connectivity index (χ4n) is 2.36. The number of methoxy groups -OCH3 is 1. The first-order chi connectivity index (χ1) is 14.2. The lowest BCUT2D eigenvalue weighted by Crippen LogP contribution is -2.31. The third-order valence-electron chi connectivity index (χ3n) is 3.93. The van der Waals surface area contributed by atoms with Crippen LogP contribution in [0, 0.1) is 10.1 Å². The van der Waals surface area contributed by atoms with Gasteiger partial charge in [0.15, 0.2) is 18.5 Å². The Kier molecular flexibility index (Phi) is 7.45. The summed E-state index contributed by atoms with van der Waals surface area (Å²) in [7, 11) is 1.36. The topological polar surface area (TPSA) is 134 Å². The van der Waals surface area contributed by atoms with E-state index >= 15 is 0 Å². The molecule has 0 unspecified atom stereocenters. The second-order valence-electron chi connectivity index (χ2n) is 6.13. The zero-order valence-corrected chi connectivity index (χ0v) is 16.5. The van der Waals surface area contributed by atoms with Crippen molar-refractivity contribution in [2.75, 3.05) is 19.0 Å². The molecule has 0 aliphatic carbocycles. The second-order valence-corrected chi connectivity index (χ2v) is 6.13. The molecule has 10 heteroatoms. The number of nitrogens with one attached hydrogen (secondary N) is 1. The summed E-state index contributed by atoms with van der Waals surface area (Å²) in [6, 6.07) is 10.2. The Morgan fingerprint density at radius 1 is 1.13 bits per heavy atom. The highest BCUT2D eigenvalue weighted by atomic mass is 16.6. The number of rotatable bonds is 9. The molecule has 1 N–H and O–H groups in total. The molecule has 10 nitrogen and oxygen atoms in total. The van der Waals surface area contributed by atoms with Gasteiger partial charge in [-0.05, 0) is 38.1 Å². The molecule has 2 rings (SSSR count). The summed E-state index contributed by atoms with van der Waals surface area (Å²) in [5.41, 5.74) is -0.00407. The normalized spacial score (nSPS) is 11.2. The second kappa shape index (κ2) is 10.0. The Morgan fingerprint density at radius 3 is 2.50 bits per heavy atom. The molecule has 0 heterocycles. The Morgan fingerprint density at radius 2 is 1.87 bits per heavy atom. The Bertz CT molecular complexity index is 973. The number of nitro groups is 1. The minimum Gasteiger partial charge on any atom is -0.496 e. The Labute approximate surface area is 171 Å². The van der Waals surface area contributed by atoms with Crippen molar-refractivity contribution in [2.24, 2.45) is 0 Å². The van der Waals surface area contributed by atoms with Crippen LogP contribution in [0.1, 0.15) is 24.2 Å². The van der Waals surface area contributed by atoms with E-state index in [0.29, 0.717) is 11.3 Å². The van der Waals surface area contributed by atoms with Gasteiger partial charge in [0.05, 0.1) is 18.1 Å². The number of nitro benzene ring substituents is 1. The zero-order chi connectivity index (χ0) is 22.3. The first kappa shape index (κ1) is 22.3. The van der Waals surface area contributed by atoms with Crippen LogP contribution in [0.4, 0.5) is 11.4 Å². The van der Waals surface area contributed by atoms with Gasteiger partial charge < -0.3 is 19.5 Å². The monoisotopic (exact) mass is 416 g/mol. The van der Waals surface area contributed by atoms with Crippen LogP contribution in [-0.4, -0.2) is 42.4 Å². The predicted molar refractivity (Wildman–Crippen MR) is 106 cm³/mol. The lowest BCUT2D eigenvalue weighted by atomic mass is 10.1. The van der Waals surface area contributed by atoms with Crippen molar-refractivity contribution in [1.82, 2.24) is 0 Å². The number of ketones is 1. The van der Waals surface area contributed by atoms with Crippen LogP contribution in [0.25, 0.3) is 0 Å². The number of hydrogen-bond acceptors (Lipinski definition) is 8. The molecule has 2 aromatic rings. The molecular weight excluding hydrogens is 396 g/mol. The zero-order valence-electron chi connectivity index (χ0n) is 16.5. The van der Waals surface area contributed by atoms with Gasteiger partial charge in [-0.25, -0.2) is 4.79 Å². The number of Topliss-reactive ketones (excluding diaryl/α,β-unsaturated/α-hetero) is 1. The van der Waals surface area contributed by atoms with Crippen LogP contribution in [0.3, 0.4) is 0 Å². The highest BCUT2D eigenvalue weighted by Gasteiger charge is 2.22. The van der Waals surface area contributed by atoms with Crippen molar-refractivity contribution in [2.45, 2.75) is 20.0 Å². The summed E-state index contributed by atoms with van der Waals surface area (Å²) < 4.78 is 15.2. The van der Waals surface area contributed by atoms with Crippen molar-refractivity contribution in [3.8, 4) is 11.5 Å². The lowest BCUT2D eigenvalue weighted by Gasteiger charge is -2.14. The van der Waals surface area contributed by atoms with E-state index in [1.807, 2.05) is 0 Å². The molecule has 1 atom stereocenters. The van der Waals surface area contributed by atoms with Crippen LogP contribution in [-0.2, 0) is 14.3 Å². The molecule has 0 bridgehead atoms. The summed E-state index contributed by atoms with van der Waals surface area (Å²) in [4.78, 5) is 46.1. The first-order valence-electron chi connectivity index (χ1n) is 8.78. The third kappa shape index (κ3) is 6.03. The number of benzene rings is 2. The predicted octanol–water partition coefficient (Wildman–Crippen LogP) is 2.76. The number of esters is 1. The average molecular weight is 416 g/mol. The molecule has 0 radical (unpaired) electrons. The molecule has 1 amide bonds. The van der Waals surface area contributed by atoms with Crippen LogP contribution >= 0.6 is 0 Å².